The number of phenolic OH excluding ortho intramolecular Hbond substituents is 1. The van der Waals surface area contributed by atoms with Crippen LogP contribution in [0, 0.1) is 22.6 Å². The average Bonchev–Trinajstić information content (AvgIpc) is 2.87. The lowest BCUT2D eigenvalue weighted by Gasteiger charge is -2.29. The first-order valence-electron chi connectivity index (χ1n) is 9.05. The number of carbonyl (C=O) groups excluding carboxylic acids is 1. The van der Waals surface area contributed by atoms with Gasteiger partial charge in [0, 0.05) is 6.04 Å². The number of carbonyl (C=O) groups is 1. The number of nitrogens with zero attached hydrogens (tertiary/aromatic N) is 2. The molecule has 28 heavy (non-hydrogen) atoms. The molecule has 3 rings (SSSR count). The van der Waals surface area contributed by atoms with E-state index in [0.29, 0.717) is 41.2 Å². The number of nitriles is 1. The van der Waals surface area contributed by atoms with Gasteiger partial charge in [-0.05, 0) is 63.3 Å². The molecule has 1 aliphatic carbocycles. The van der Waals surface area contributed by atoms with Gasteiger partial charge in [0.2, 0.25) is 0 Å². The number of phenols is 1. The van der Waals surface area contributed by atoms with E-state index in [0.717, 1.165) is 6.42 Å². The summed E-state index contributed by atoms with van der Waals surface area (Å²) in [5, 5.41) is 22.6. The number of hydrogen-bond donors (Lipinski definition) is 3. The Labute approximate surface area is 163 Å². The number of aromatic hydroxyl groups is 1. The molecule has 152 valence electrons. The second-order valence-electron chi connectivity index (χ2n) is 7.87. The van der Waals surface area contributed by atoms with Gasteiger partial charge in [-0.25, -0.2) is 13.4 Å². The fourth-order valence-corrected chi connectivity index (χ4v) is 4.70. The van der Waals surface area contributed by atoms with E-state index in [1.165, 1.54) is 6.07 Å². The summed E-state index contributed by atoms with van der Waals surface area (Å²) < 4.78 is 41.6. The van der Waals surface area contributed by atoms with Gasteiger partial charge in [0.25, 0.3) is 5.91 Å². The van der Waals surface area contributed by atoms with Crippen molar-refractivity contribution >= 4 is 21.8 Å². The molecule has 1 aromatic rings. The highest BCUT2D eigenvalue weighted by molar-refractivity contribution is 7.92. The fourth-order valence-electron chi connectivity index (χ4n) is 3.54. The second kappa shape index (κ2) is 7.22. The van der Waals surface area contributed by atoms with Crippen molar-refractivity contribution in [3.63, 3.8) is 0 Å². The summed E-state index contributed by atoms with van der Waals surface area (Å²) in [6.07, 6.45) is 2.25. The molecule has 0 spiro atoms. The summed E-state index contributed by atoms with van der Waals surface area (Å²) >= 11 is 0. The molecule has 0 bridgehead atoms. The Morgan fingerprint density at radius 1 is 1.50 bits per heavy atom. The standard InChI is InChI=1S/C18H23FN4O4S/c1-18(2,10-20)5-6-21-12-4-3-11-7-14(24)17(16(19)13(11)8-12)23-9-15(25)22-28(23,26)27/h7,12,21,24H,3-6,8-9H2,1-2H3,(H,22,25). The molecule has 1 heterocycles. The lowest BCUT2D eigenvalue weighted by molar-refractivity contribution is -0.117. The Morgan fingerprint density at radius 3 is 2.82 bits per heavy atom. The summed E-state index contributed by atoms with van der Waals surface area (Å²) in [6.45, 7) is 3.74. The van der Waals surface area contributed by atoms with Gasteiger partial charge in [-0.3, -0.25) is 4.79 Å². The summed E-state index contributed by atoms with van der Waals surface area (Å²) in [6, 6.07) is 3.59. The van der Waals surface area contributed by atoms with Gasteiger partial charge in [0.15, 0.2) is 5.82 Å². The summed E-state index contributed by atoms with van der Waals surface area (Å²) in [5.41, 5.74) is 0.0204. The third-order valence-corrected chi connectivity index (χ3v) is 6.56. The number of rotatable bonds is 5. The quantitative estimate of drug-likeness (QED) is 0.668. The molecule has 1 unspecified atom stereocenters. The van der Waals surface area contributed by atoms with E-state index in [4.69, 9.17) is 5.26 Å². The average molecular weight is 410 g/mol. The molecule has 1 amide bonds. The van der Waals surface area contributed by atoms with E-state index in [-0.39, 0.29) is 6.04 Å². The number of hydrogen-bond acceptors (Lipinski definition) is 6. The van der Waals surface area contributed by atoms with Crippen molar-refractivity contribution in [2.75, 3.05) is 17.4 Å². The van der Waals surface area contributed by atoms with Crippen LogP contribution in [0.15, 0.2) is 6.07 Å². The fraction of sp³-hybridized carbons (Fsp3) is 0.556. The predicted octanol–water partition coefficient (Wildman–Crippen LogP) is 1.10. The molecule has 2 aliphatic rings. The maximum absolute atomic E-state index is 15.2. The molecule has 0 aromatic heterocycles. The molecule has 8 nitrogen and oxygen atoms in total. The molecule has 10 heteroatoms. The van der Waals surface area contributed by atoms with E-state index in [1.807, 2.05) is 13.8 Å². The highest BCUT2D eigenvalue weighted by atomic mass is 32.2. The second-order valence-corrected chi connectivity index (χ2v) is 9.47. The maximum atomic E-state index is 15.2. The van der Waals surface area contributed by atoms with Crippen LogP contribution < -0.4 is 14.3 Å². The third-order valence-electron chi connectivity index (χ3n) is 5.18. The Balaban J connectivity index is 1.83. The molecular formula is C18H23FN4O4S. The summed E-state index contributed by atoms with van der Waals surface area (Å²) in [7, 11) is -4.22. The number of amides is 1. The molecule has 0 radical (unpaired) electrons. The zero-order valence-electron chi connectivity index (χ0n) is 15.7. The van der Waals surface area contributed by atoms with Crippen LogP contribution >= 0.6 is 0 Å². The van der Waals surface area contributed by atoms with Crippen molar-refractivity contribution in [1.29, 1.82) is 5.26 Å². The Hall–Kier alpha value is -2.38. The number of benzene rings is 1. The highest BCUT2D eigenvalue weighted by Crippen LogP contribution is 2.39. The normalized spacial score (nSPS) is 21.1. The van der Waals surface area contributed by atoms with Gasteiger partial charge in [-0.2, -0.15) is 13.7 Å². The lowest BCUT2D eigenvalue weighted by Crippen LogP contribution is -2.37. The first-order valence-corrected chi connectivity index (χ1v) is 10.5. The van der Waals surface area contributed by atoms with Gasteiger partial charge in [-0.1, -0.05) is 0 Å². The minimum atomic E-state index is -4.22. The van der Waals surface area contributed by atoms with Gasteiger partial charge in [-0.15, -0.1) is 0 Å². The van der Waals surface area contributed by atoms with Crippen LogP contribution in [0.3, 0.4) is 0 Å². The van der Waals surface area contributed by atoms with E-state index in [1.54, 1.807) is 4.72 Å². The van der Waals surface area contributed by atoms with Gasteiger partial charge >= 0.3 is 10.2 Å². The van der Waals surface area contributed by atoms with Crippen molar-refractivity contribution in [2.24, 2.45) is 5.41 Å². The number of halogens is 1. The first kappa shape index (κ1) is 20.4. The molecule has 1 aromatic carbocycles. The zero-order chi connectivity index (χ0) is 20.7. The van der Waals surface area contributed by atoms with Gasteiger partial charge < -0.3 is 10.4 Å². The number of anilines is 1. The minimum absolute atomic E-state index is 0.0242. The minimum Gasteiger partial charge on any atom is -0.506 e. The zero-order valence-corrected chi connectivity index (χ0v) is 16.6. The molecule has 1 atom stereocenters. The van der Waals surface area contributed by atoms with Crippen molar-refractivity contribution in [3.8, 4) is 11.8 Å². The number of nitrogens with one attached hydrogen (secondary N) is 2. The van der Waals surface area contributed by atoms with Crippen LogP contribution in [0.5, 0.6) is 5.75 Å². The largest absolute Gasteiger partial charge is 0.506 e. The van der Waals surface area contributed by atoms with Crippen molar-refractivity contribution in [1.82, 2.24) is 10.0 Å². The maximum Gasteiger partial charge on any atom is 0.326 e. The summed E-state index contributed by atoms with van der Waals surface area (Å²) in [5.74, 6) is -2.10. The van der Waals surface area contributed by atoms with E-state index < -0.39 is 45.3 Å². The number of aryl methyl sites for hydroxylation is 1. The third kappa shape index (κ3) is 3.91. The van der Waals surface area contributed by atoms with Gasteiger partial charge in [0.05, 0.1) is 11.5 Å². The molecule has 1 fully saturated rings. The smallest absolute Gasteiger partial charge is 0.326 e. The number of fused-ring (bicyclic) bond motifs is 1. The SMILES string of the molecule is CC(C)(C#N)CCNC1CCc2cc(O)c(N3CC(=O)NS3(=O)=O)c(F)c2C1. The topological polar surface area (TPSA) is 123 Å². The molecule has 1 saturated heterocycles. The van der Waals surface area contributed by atoms with Crippen LogP contribution in [0.25, 0.3) is 0 Å². The predicted molar refractivity (Wildman–Crippen MR) is 100 cm³/mol. The van der Waals surface area contributed by atoms with E-state index in [9.17, 15) is 18.3 Å². The van der Waals surface area contributed by atoms with Crippen LogP contribution in [0.2, 0.25) is 0 Å². The molecule has 3 N–H and O–H groups in total. The van der Waals surface area contributed by atoms with E-state index >= 15 is 4.39 Å². The van der Waals surface area contributed by atoms with Crippen LogP contribution in [-0.4, -0.2) is 38.6 Å². The Bertz CT molecular complexity index is 955. The summed E-state index contributed by atoms with van der Waals surface area (Å²) in [4.78, 5) is 11.5. The van der Waals surface area contributed by atoms with E-state index in [2.05, 4.69) is 11.4 Å². The van der Waals surface area contributed by atoms with Crippen molar-refractivity contribution in [3.05, 3.63) is 23.0 Å². The van der Waals surface area contributed by atoms with Gasteiger partial charge in [0.1, 0.15) is 18.0 Å². The Morgan fingerprint density at radius 2 is 2.21 bits per heavy atom. The van der Waals surface area contributed by atoms with Crippen molar-refractivity contribution < 1.29 is 22.7 Å². The Kier molecular flexibility index (Phi) is 5.25. The monoisotopic (exact) mass is 410 g/mol. The van der Waals surface area contributed by atoms with Crippen LogP contribution in [0.4, 0.5) is 10.1 Å². The molecule has 1 aliphatic heterocycles. The molecule has 0 saturated carbocycles. The lowest BCUT2D eigenvalue weighted by atomic mass is 9.86. The van der Waals surface area contributed by atoms with Crippen LogP contribution in [0.1, 0.15) is 37.8 Å². The van der Waals surface area contributed by atoms with Crippen molar-refractivity contribution in [2.45, 2.75) is 45.6 Å². The first-order chi connectivity index (χ1) is 13.0. The van der Waals surface area contributed by atoms with Crippen LogP contribution in [-0.2, 0) is 27.8 Å². The highest BCUT2D eigenvalue weighted by Gasteiger charge is 2.39. The molecular weight excluding hydrogens is 387 g/mol.